The summed E-state index contributed by atoms with van der Waals surface area (Å²) >= 11 is 5.94. The molecule has 1 aromatic heterocycles. The van der Waals surface area contributed by atoms with Gasteiger partial charge in [0.1, 0.15) is 0 Å². The monoisotopic (exact) mass is 411 g/mol. The molecule has 0 spiro atoms. The van der Waals surface area contributed by atoms with Gasteiger partial charge in [-0.1, -0.05) is 17.7 Å². The van der Waals surface area contributed by atoms with Gasteiger partial charge in [-0.3, -0.25) is 9.48 Å². The van der Waals surface area contributed by atoms with Crippen molar-refractivity contribution >= 4 is 27.7 Å². The Morgan fingerprint density at radius 2 is 1.96 bits per heavy atom. The largest absolute Gasteiger partial charge is 0.336 e. The molecule has 0 N–H and O–H groups in total. The van der Waals surface area contributed by atoms with Crippen LogP contribution in [-0.4, -0.2) is 70.8 Å². The van der Waals surface area contributed by atoms with E-state index in [-0.39, 0.29) is 25.5 Å². The molecular formula is C17H22ClN5O3S. The number of amides is 1. The fourth-order valence-corrected chi connectivity index (χ4v) is 4.54. The average molecular weight is 412 g/mol. The zero-order chi connectivity index (χ0) is 19.6. The number of benzene rings is 1. The minimum Gasteiger partial charge on any atom is -0.336 e. The second kappa shape index (κ2) is 7.97. The van der Waals surface area contributed by atoms with E-state index >= 15 is 0 Å². The minimum atomic E-state index is -3.60. The van der Waals surface area contributed by atoms with Gasteiger partial charge in [-0.2, -0.15) is 22.1 Å². The molecule has 0 bridgehead atoms. The van der Waals surface area contributed by atoms with Crippen molar-refractivity contribution in [2.75, 3.05) is 33.2 Å². The summed E-state index contributed by atoms with van der Waals surface area (Å²) in [5.41, 5.74) is 1.32. The van der Waals surface area contributed by atoms with E-state index in [1.165, 1.54) is 8.61 Å². The van der Waals surface area contributed by atoms with Crippen LogP contribution in [0.3, 0.4) is 0 Å². The molecule has 0 saturated carbocycles. The molecule has 0 radical (unpaired) electrons. The summed E-state index contributed by atoms with van der Waals surface area (Å²) in [5.74, 6) is -0.140. The van der Waals surface area contributed by atoms with Crippen LogP contribution in [0.25, 0.3) is 0 Å². The van der Waals surface area contributed by atoms with Crippen LogP contribution in [-0.2, 0) is 23.8 Å². The Morgan fingerprint density at radius 3 is 2.56 bits per heavy atom. The number of piperazine rings is 1. The number of carbonyl (C=O) groups is 1. The fraction of sp³-hybridized carbons (Fsp3) is 0.412. The van der Waals surface area contributed by atoms with Crippen molar-refractivity contribution in [2.45, 2.75) is 6.54 Å². The number of nitrogens with zero attached hydrogens (tertiary/aromatic N) is 5. The van der Waals surface area contributed by atoms with Crippen molar-refractivity contribution in [3.05, 3.63) is 52.8 Å². The summed E-state index contributed by atoms with van der Waals surface area (Å²) in [5, 5.41) is 4.56. The van der Waals surface area contributed by atoms with Gasteiger partial charge in [0, 0.05) is 69.2 Å². The predicted octanol–water partition coefficient (Wildman–Crippen LogP) is 1.21. The SMILES string of the molecule is CN(Cc1cnn(C)c1)S(=O)(=O)N1CCN(C(=O)c2cccc(Cl)c2)CC1. The van der Waals surface area contributed by atoms with Gasteiger partial charge in [-0.25, -0.2) is 0 Å². The Balaban J connectivity index is 1.61. The highest BCUT2D eigenvalue weighted by Gasteiger charge is 2.32. The van der Waals surface area contributed by atoms with Crippen molar-refractivity contribution < 1.29 is 13.2 Å². The van der Waals surface area contributed by atoms with Gasteiger partial charge in [0.05, 0.1) is 6.20 Å². The standard InChI is InChI=1S/C17H22ClN5O3S/c1-20-12-14(11-19-20)13-21(2)27(25,26)23-8-6-22(7-9-23)17(24)15-4-3-5-16(18)10-15/h3-5,10-12H,6-9,13H2,1-2H3. The lowest BCUT2D eigenvalue weighted by atomic mass is 10.2. The molecule has 1 amide bonds. The van der Waals surface area contributed by atoms with Crippen LogP contribution in [0.2, 0.25) is 5.02 Å². The first-order chi connectivity index (χ1) is 12.8. The molecule has 2 heterocycles. The second-order valence-corrected chi connectivity index (χ2v) is 8.96. The van der Waals surface area contributed by atoms with Crippen LogP contribution in [0.1, 0.15) is 15.9 Å². The molecule has 1 aliphatic heterocycles. The molecule has 27 heavy (non-hydrogen) atoms. The zero-order valence-electron chi connectivity index (χ0n) is 15.2. The normalized spacial score (nSPS) is 16.1. The van der Waals surface area contributed by atoms with Gasteiger partial charge in [0.15, 0.2) is 0 Å². The van der Waals surface area contributed by atoms with E-state index in [4.69, 9.17) is 11.6 Å². The van der Waals surface area contributed by atoms with Crippen LogP contribution in [0.5, 0.6) is 0 Å². The molecule has 0 unspecified atom stereocenters. The summed E-state index contributed by atoms with van der Waals surface area (Å²) in [4.78, 5) is 14.2. The molecule has 146 valence electrons. The number of halogens is 1. The molecule has 8 nitrogen and oxygen atoms in total. The third kappa shape index (κ3) is 4.49. The Labute approximate surface area is 164 Å². The average Bonchev–Trinajstić information content (AvgIpc) is 3.06. The molecule has 1 fully saturated rings. The first kappa shape index (κ1) is 19.8. The predicted molar refractivity (Wildman–Crippen MR) is 103 cm³/mol. The second-order valence-electron chi connectivity index (χ2n) is 6.49. The zero-order valence-corrected chi connectivity index (χ0v) is 16.8. The molecule has 2 aromatic rings. The smallest absolute Gasteiger partial charge is 0.282 e. The minimum absolute atomic E-state index is 0.140. The van der Waals surface area contributed by atoms with E-state index in [0.717, 1.165) is 5.56 Å². The summed E-state index contributed by atoms with van der Waals surface area (Å²) in [6.07, 6.45) is 3.43. The Morgan fingerprint density at radius 1 is 1.26 bits per heavy atom. The van der Waals surface area contributed by atoms with Crippen LogP contribution in [0.15, 0.2) is 36.7 Å². The number of hydrogen-bond acceptors (Lipinski definition) is 4. The topological polar surface area (TPSA) is 78.8 Å². The van der Waals surface area contributed by atoms with Crippen LogP contribution >= 0.6 is 11.6 Å². The van der Waals surface area contributed by atoms with Gasteiger partial charge in [-0.15, -0.1) is 0 Å². The van der Waals surface area contributed by atoms with E-state index in [9.17, 15) is 13.2 Å². The fourth-order valence-electron chi connectivity index (χ4n) is 3.02. The molecule has 3 rings (SSSR count). The Bertz CT molecular complexity index is 922. The summed E-state index contributed by atoms with van der Waals surface area (Å²) in [7, 11) is -0.268. The van der Waals surface area contributed by atoms with Crippen LogP contribution in [0.4, 0.5) is 0 Å². The number of aryl methyl sites for hydroxylation is 1. The Kier molecular flexibility index (Phi) is 5.85. The maximum Gasteiger partial charge on any atom is 0.282 e. The summed E-state index contributed by atoms with van der Waals surface area (Å²) in [6, 6.07) is 6.76. The first-order valence-corrected chi connectivity index (χ1v) is 10.3. The van der Waals surface area contributed by atoms with E-state index in [2.05, 4.69) is 5.10 Å². The summed E-state index contributed by atoms with van der Waals surface area (Å²) < 4.78 is 29.9. The van der Waals surface area contributed by atoms with Crippen molar-refractivity contribution in [3.63, 3.8) is 0 Å². The number of hydrogen-bond donors (Lipinski definition) is 0. The lowest BCUT2D eigenvalue weighted by Gasteiger charge is -2.35. The highest BCUT2D eigenvalue weighted by molar-refractivity contribution is 7.86. The van der Waals surface area contributed by atoms with Crippen molar-refractivity contribution in [1.82, 2.24) is 23.3 Å². The molecule has 1 saturated heterocycles. The quantitative estimate of drug-likeness (QED) is 0.740. The first-order valence-electron chi connectivity index (χ1n) is 8.51. The summed E-state index contributed by atoms with van der Waals surface area (Å²) in [6.45, 7) is 1.44. The van der Waals surface area contributed by atoms with E-state index in [0.29, 0.717) is 23.7 Å². The van der Waals surface area contributed by atoms with Crippen LogP contribution in [0, 0.1) is 0 Å². The maximum absolute atomic E-state index is 12.8. The van der Waals surface area contributed by atoms with Gasteiger partial charge >= 0.3 is 0 Å². The van der Waals surface area contributed by atoms with E-state index in [1.807, 2.05) is 0 Å². The lowest BCUT2D eigenvalue weighted by molar-refractivity contribution is 0.0694. The maximum atomic E-state index is 12.8. The molecular weight excluding hydrogens is 390 g/mol. The van der Waals surface area contributed by atoms with Gasteiger partial charge in [0.25, 0.3) is 16.1 Å². The molecule has 0 atom stereocenters. The van der Waals surface area contributed by atoms with Crippen molar-refractivity contribution in [3.8, 4) is 0 Å². The molecule has 1 aromatic carbocycles. The highest BCUT2D eigenvalue weighted by atomic mass is 35.5. The van der Waals surface area contributed by atoms with E-state index in [1.54, 1.807) is 60.3 Å². The lowest BCUT2D eigenvalue weighted by Crippen LogP contribution is -2.53. The molecule has 0 aliphatic carbocycles. The van der Waals surface area contributed by atoms with Crippen molar-refractivity contribution in [2.24, 2.45) is 7.05 Å². The van der Waals surface area contributed by atoms with Crippen molar-refractivity contribution in [1.29, 1.82) is 0 Å². The van der Waals surface area contributed by atoms with Gasteiger partial charge in [-0.05, 0) is 18.2 Å². The number of rotatable bonds is 5. The molecule has 1 aliphatic rings. The van der Waals surface area contributed by atoms with Gasteiger partial charge < -0.3 is 4.90 Å². The molecule has 10 heteroatoms. The third-order valence-corrected chi connectivity index (χ3v) is 6.65. The van der Waals surface area contributed by atoms with E-state index < -0.39 is 10.2 Å². The number of aromatic nitrogens is 2. The Hall–Kier alpha value is -1.94. The third-order valence-electron chi connectivity index (χ3n) is 4.48. The van der Waals surface area contributed by atoms with Gasteiger partial charge in [0.2, 0.25) is 0 Å². The highest BCUT2D eigenvalue weighted by Crippen LogP contribution is 2.17. The van der Waals surface area contributed by atoms with Crippen LogP contribution < -0.4 is 0 Å². The number of carbonyl (C=O) groups excluding carboxylic acids is 1.